The van der Waals surface area contributed by atoms with Gasteiger partial charge in [0.25, 0.3) is 11.5 Å². The van der Waals surface area contributed by atoms with Crippen molar-refractivity contribution in [2.24, 2.45) is 0 Å². The number of carbonyl (C=O) groups is 2. The van der Waals surface area contributed by atoms with E-state index in [0.717, 1.165) is 25.7 Å². The largest absolute Gasteiger partial charge is 0.349 e. The van der Waals surface area contributed by atoms with E-state index in [1.165, 1.54) is 17.9 Å². The molecule has 3 rings (SSSR count). The van der Waals surface area contributed by atoms with Crippen LogP contribution < -0.4 is 16.2 Å². The first-order valence-electron chi connectivity index (χ1n) is 8.95. The molecule has 1 aromatic heterocycles. The fourth-order valence-corrected chi connectivity index (χ4v) is 3.29. The van der Waals surface area contributed by atoms with Crippen LogP contribution in [0.1, 0.15) is 49.4 Å². The number of aromatic nitrogens is 1. The summed E-state index contributed by atoms with van der Waals surface area (Å²) >= 11 is 0. The monoisotopic (exact) mass is 353 g/mol. The maximum atomic E-state index is 12.7. The Morgan fingerprint density at radius 1 is 1.04 bits per heavy atom. The van der Waals surface area contributed by atoms with E-state index in [0.29, 0.717) is 11.4 Å². The fraction of sp³-hybridized carbons (Fsp3) is 0.350. The highest BCUT2D eigenvalue weighted by atomic mass is 16.2. The number of rotatable bonds is 4. The van der Waals surface area contributed by atoms with Crippen LogP contribution in [0.4, 0.5) is 5.69 Å². The van der Waals surface area contributed by atoms with Crippen molar-refractivity contribution in [2.45, 2.75) is 45.1 Å². The summed E-state index contributed by atoms with van der Waals surface area (Å²) in [7, 11) is 0. The molecule has 0 unspecified atom stereocenters. The van der Waals surface area contributed by atoms with Gasteiger partial charge in [0.1, 0.15) is 5.56 Å². The number of pyridine rings is 1. The van der Waals surface area contributed by atoms with Crippen molar-refractivity contribution in [3.8, 4) is 5.69 Å². The van der Waals surface area contributed by atoms with E-state index in [1.54, 1.807) is 42.6 Å². The van der Waals surface area contributed by atoms with Gasteiger partial charge in [-0.25, -0.2) is 0 Å². The van der Waals surface area contributed by atoms with E-state index in [-0.39, 0.29) is 29.0 Å². The maximum absolute atomic E-state index is 12.7. The summed E-state index contributed by atoms with van der Waals surface area (Å²) < 4.78 is 1.44. The van der Waals surface area contributed by atoms with Gasteiger partial charge in [-0.05, 0) is 49.2 Å². The van der Waals surface area contributed by atoms with Crippen LogP contribution in [0.3, 0.4) is 0 Å². The van der Waals surface area contributed by atoms with Crippen molar-refractivity contribution < 1.29 is 9.59 Å². The summed E-state index contributed by atoms with van der Waals surface area (Å²) in [5.41, 5.74) is 1.08. The minimum absolute atomic E-state index is 0.143. The Balaban J connectivity index is 1.81. The standard InChI is InChI=1S/C20H23N3O3/c1-14(24)21-16-9-11-17(12-10-16)23-13-5-8-18(20(23)26)19(25)22-15-6-3-2-4-7-15/h5,8-13,15H,2-4,6-7H2,1H3,(H,21,24)(H,22,25). The molecule has 1 aliphatic carbocycles. The van der Waals surface area contributed by atoms with Crippen molar-refractivity contribution >= 4 is 17.5 Å². The summed E-state index contributed by atoms with van der Waals surface area (Å²) in [4.78, 5) is 36.4. The number of benzene rings is 1. The average molecular weight is 353 g/mol. The van der Waals surface area contributed by atoms with E-state index < -0.39 is 0 Å². The van der Waals surface area contributed by atoms with Gasteiger partial charge in [-0.2, -0.15) is 0 Å². The summed E-state index contributed by atoms with van der Waals surface area (Å²) in [6.45, 7) is 1.44. The molecule has 6 heteroatoms. The second kappa shape index (κ2) is 7.99. The minimum Gasteiger partial charge on any atom is -0.349 e. The summed E-state index contributed by atoms with van der Waals surface area (Å²) in [5.74, 6) is -0.470. The van der Waals surface area contributed by atoms with E-state index in [1.807, 2.05) is 0 Å². The molecular weight excluding hydrogens is 330 g/mol. The number of nitrogens with zero attached hydrogens (tertiary/aromatic N) is 1. The molecule has 0 bridgehead atoms. The smallest absolute Gasteiger partial charge is 0.267 e. The molecule has 1 aromatic carbocycles. The molecule has 136 valence electrons. The van der Waals surface area contributed by atoms with Crippen LogP contribution >= 0.6 is 0 Å². The van der Waals surface area contributed by atoms with Crippen molar-refractivity contribution in [3.05, 3.63) is 58.5 Å². The molecular formula is C20H23N3O3. The van der Waals surface area contributed by atoms with Crippen molar-refractivity contribution in [1.82, 2.24) is 9.88 Å². The molecule has 0 radical (unpaired) electrons. The molecule has 26 heavy (non-hydrogen) atoms. The van der Waals surface area contributed by atoms with Gasteiger partial charge in [0.05, 0.1) is 0 Å². The predicted molar refractivity (Wildman–Crippen MR) is 101 cm³/mol. The Hall–Kier alpha value is -2.89. The number of nitrogens with one attached hydrogen (secondary N) is 2. The molecule has 1 aliphatic rings. The number of amides is 2. The number of hydrogen-bond acceptors (Lipinski definition) is 3. The van der Waals surface area contributed by atoms with Gasteiger partial charge in [0, 0.05) is 30.5 Å². The lowest BCUT2D eigenvalue weighted by Gasteiger charge is -2.22. The van der Waals surface area contributed by atoms with Gasteiger partial charge in [-0.1, -0.05) is 19.3 Å². The van der Waals surface area contributed by atoms with Crippen LogP contribution in [0, 0.1) is 0 Å². The first kappa shape index (κ1) is 17.9. The lowest BCUT2D eigenvalue weighted by Crippen LogP contribution is -2.39. The zero-order chi connectivity index (χ0) is 18.5. The van der Waals surface area contributed by atoms with Crippen LogP contribution in [0.5, 0.6) is 0 Å². The quantitative estimate of drug-likeness (QED) is 0.887. The summed E-state index contributed by atoms with van der Waals surface area (Å²) in [6.07, 6.45) is 7.01. The highest BCUT2D eigenvalue weighted by Crippen LogP contribution is 2.18. The minimum atomic E-state index is -0.354. The molecule has 0 spiro atoms. The van der Waals surface area contributed by atoms with Gasteiger partial charge >= 0.3 is 0 Å². The molecule has 6 nitrogen and oxygen atoms in total. The number of hydrogen-bond donors (Lipinski definition) is 2. The first-order valence-corrected chi connectivity index (χ1v) is 8.95. The molecule has 0 saturated heterocycles. The molecule has 1 saturated carbocycles. The number of anilines is 1. The second-order valence-corrected chi connectivity index (χ2v) is 6.63. The van der Waals surface area contributed by atoms with Crippen LogP contribution in [-0.4, -0.2) is 22.4 Å². The van der Waals surface area contributed by atoms with Crippen molar-refractivity contribution in [1.29, 1.82) is 0 Å². The third-order valence-corrected chi connectivity index (χ3v) is 4.60. The van der Waals surface area contributed by atoms with Crippen molar-refractivity contribution in [2.75, 3.05) is 5.32 Å². The Morgan fingerprint density at radius 3 is 2.38 bits per heavy atom. The molecule has 0 atom stereocenters. The van der Waals surface area contributed by atoms with Gasteiger partial charge in [-0.3, -0.25) is 19.0 Å². The molecule has 2 amide bonds. The predicted octanol–water partition coefficient (Wildman–Crippen LogP) is 2.86. The van der Waals surface area contributed by atoms with Crippen molar-refractivity contribution in [3.63, 3.8) is 0 Å². The van der Waals surface area contributed by atoms with Crippen LogP contribution in [0.25, 0.3) is 5.69 Å². The molecule has 1 heterocycles. The Labute approximate surface area is 152 Å². The summed E-state index contributed by atoms with van der Waals surface area (Å²) in [5, 5.41) is 5.67. The number of carbonyl (C=O) groups excluding carboxylic acids is 2. The van der Waals surface area contributed by atoms with E-state index in [4.69, 9.17) is 0 Å². The van der Waals surface area contributed by atoms with E-state index >= 15 is 0 Å². The van der Waals surface area contributed by atoms with E-state index in [9.17, 15) is 14.4 Å². The molecule has 2 N–H and O–H groups in total. The van der Waals surface area contributed by atoms with Crippen LogP contribution in [0.15, 0.2) is 47.4 Å². The maximum Gasteiger partial charge on any atom is 0.267 e. The highest BCUT2D eigenvalue weighted by molar-refractivity contribution is 5.94. The lowest BCUT2D eigenvalue weighted by atomic mass is 9.95. The van der Waals surface area contributed by atoms with Crippen LogP contribution in [0.2, 0.25) is 0 Å². The zero-order valence-electron chi connectivity index (χ0n) is 14.8. The van der Waals surface area contributed by atoms with Gasteiger partial charge < -0.3 is 10.6 Å². The SMILES string of the molecule is CC(=O)Nc1ccc(-n2cccc(C(=O)NC3CCCCC3)c2=O)cc1. The summed E-state index contributed by atoms with van der Waals surface area (Å²) in [6, 6.07) is 10.3. The van der Waals surface area contributed by atoms with E-state index in [2.05, 4.69) is 10.6 Å². The molecule has 2 aromatic rings. The Kier molecular flexibility index (Phi) is 5.51. The zero-order valence-corrected chi connectivity index (χ0v) is 14.8. The average Bonchev–Trinajstić information content (AvgIpc) is 2.63. The third kappa shape index (κ3) is 4.20. The van der Waals surface area contributed by atoms with Gasteiger partial charge in [0.2, 0.25) is 5.91 Å². The molecule has 0 aliphatic heterocycles. The normalized spacial score (nSPS) is 14.7. The van der Waals surface area contributed by atoms with Crippen LogP contribution in [-0.2, 0) is 4.79 Å². The topological polar surface area (TPSA) is 80.2 Å². The van der Waals surface area contributed by atoms with Gasteiger partial charge in [-0.15, -0.1) is 0 Å². The lowest BCUT2D eigenvalue weighted by molar-refractivity contribution is -0.114. The van der Waals surface area contributed by atoms with Gasteiger partial charge in [0.15, 0.2) is 0 Å². The highest BCUT2D eigenvalue weighted by Gasteiger charge is 2.19. The first-order chi connectivity index (χ1) is 12.5. The Morgan fingerprint density at radius 2 is 1.73 bits per heavy atom. The third-order valence-electron chi connectivity index (χ3n) is 4.60. The fourth-order valence-electron chi connectivity index (χ4n) is 3.29. The second-order valence-electron chi connectivity index (χ2n) is 6.63. The molecule has 1 fully saturated rings. The Bertz CT molecular complexity index is 849.